The number of aliphatic imine (C=N–C) groups is 1. The van der Waals surface area contributed by atoms with Crippen LogP contribution in [0.15, 0.2) is 40.2 Å². The molecule has 0 aliphatic rings. The standard InChI is InChI=1S/C18H30N4OS/c1-6-14(2)21-18(20-13-17(23)22(4)5)19-12-15(3)24-16-10-8-7-9-11-16/h7-11,14-15H,6,12-13H2,1-5H3,(H2,19,20,21). The van der Waals surface area contributed by atoms with E-state index in [1.165, 1.54) is 4.90 Å². The fraction of sp³-hybridized carbons (Fsp3) is 0.556. The van der Waals surface area contributed by atoms with E-state index in [2.05, 4.69) is 48.5 Å². The molecule has 0 aliphatic carbocycles. The molecular formula is C18H30N4OS. The molecular weight excluding hydrogens is 320 g/mol. The molecule has 0 saturated heterocycles. The number of guanidine groups is 1. The molecule has 134 valence electrons. The first-order chi connectivity index (χ1) is 11.4. The van der Waals surface area contributed by atoms with Crippen molar-refractivity contribution in [2.75, 3.05) is 27.2 Å². The van der Waals surface area contributed by atoms with E-state index < -0.39 is 0 Å². The van der Waals surface area contributed by atoms with Crippen LogP contribution in [-0.4, -0.2) is 55.2 Å². The molecule has 0 fully saturated rings. The highest BCUT2D eigenvalue weighted by Crippen LogP contribution is 2.21. The molecule has 1 amide bonds. The number of thioether (sulfide) groups is 1. The molecule has 2 unspecified atom stereocenters. The molecule has 0 aliphatic heterocycles. The molecule has 2 N–H and O–H groups in total. The Morgan fingerprint density at radius 3 is 2.50 bits per heavy atom. The lowest BCUT2D eigenvalue weighted by Gasteiger charge is -2.19. The predicted octanol–water partition coefficient (Wildman–Crippen LogP) is 2.59. The van der Waals surface area contributed by atoms with E-state index in [0.29, 0.717) is 17.3 Å². The number of nitrogens with one attached hydrogen (secondary N) is 2. The molecule has 0 aromatic heterocycles. The number of hydrogen-bond acceptors (Lipinski definition) is 3. The third kappa shape index (κ3) is 8.24. The predicted molar refractivity (Wildman–Crippen MR) is 104 cm³/mol. The molecule has 6 heteroatoms. The highest BCUT2D eigenvalue weighted by Gasteiger charge is 2.09. The highest BCUT2D eigenvalue weighted by molar-refractivity contribution is 8.00. The number of carbonyl (C=O) groups is 1. The van der Waals surface area contributed by atoms with Crippen molar-refractivity contribution in [2.45, 2.75) is 43.4 Å². The van der Waals surface area contributed by atoms with Gasteiger partial charge in [-0.05, 0) is 25.5 Å². The van der Waals surface area contributed by atoms with Gasteiger partial charge in [-0.3, -0.25) is 4.79 Å². The Kier molecular flexibility index (Phi) is 9.30. The average molecular weight is 351 g/mol. The summed E-state index contributed by atoms with van der Waals surface area (Å²) >= 11 is 1.82. The summed E-state index contributed by atoms with van der Waals surface area (Å²) in [5.41, 5.74) is 0. The topological polar surface area (TPSA) is 56.7 Å². The number of benzene rings is 1. The zero-order valence-electron chi connectivity index (χ0n) is 15.4. The summed E-state index contributed by atoms with van der Waals surface area (Å²) in [6.45, 7) is 7.33. The molecule has 5 nitrogen and oxygen atoms in total. The van der Waals surface area contributed by atoms with Gasteiger partial charge >= 0.3 is 0 Å². The third-order valence-corrected chi connectivity index (χ3v) is 4.62. The Bertz CT molecular complexity index is 519. The van der Waals surface area contributed by atoms with Crippen LogP contribution < -0.4 is 10.6 Å². The maximum atomic E-state index is 11.7. The van der Waals surface area contributed by atoms with E-state index in [0.717, 1.165) is 13.0 Å². The van der Waals surface area contributed by atoms with E-state index in [4.69, 9.17) is 0 Å². The van der Waals surface area contributed by atoms with Crippen LogP contribution in [0, 0.1) is 0 Å². The number of hydrogen-bond donors (Lipinski definition) is 2. The van der Waals surface area contributed by atoms with Crippen molar-refractivity contribution in [1.82, 2.24) is 15.5 Å². The van der Waals surface area contributed by atoms with Gasteiger partial charge in [0.2, 0.25) is 5.91 Å². The van der Waals surface area contributed by atoms with Crippen molar-refractivity contribution in [3.05, 3.63) is 30.3 Å². The van der Waals surface area contributed by atoms with Crippen molar-refractivity contribution >= 4 is 23.6 Å². The fourth-order valence-corrected chi connectivity index (χ4v) is 2.74. The van der Waals surface area contributed by atoms with E-state index >= 15 is 0 Å². The Morgan fingerprint density at radius 2 is 1.92 bits per heavy atom. The van der Waals surface area contributed by atoms with Crippen molar-refractivity contribution in [2.24, 2.45) is 4.99 Å². The maximum absolute atomic E-state index is 11.7. The van der Waals surface area contributed by atoms with Crippen molar-refractivity contribution in [3.63, 3.8) is 0 Å². The summed E-state index contributed by atoms with van der Waals surface area (Å²) in [5.74, 6) is 0.687. The fourth-order valence-electron chi connectivity index (χ4n) is 1.79. The van der Waals surface area contributed by atoms with Gasteiger partial charge in [-0.1, -0.05) is 32.0 Å². The Hall–Kier alpha value is -1.69. The summed E-state index contributed by atoms with van der Waals surface area (Å²) in [5, 5.41) is 7.08. The molecule has 0 bridgehead atoms. The molecule has 2 atom stereocenters. The Labute approximate surface area is 150 Å². The first-order valence-electron chi connectivity index (χ1n) is 8.39. The number of rotatable bonds is 8. The van der Waals surface area contributed by atoms with E-state index in [-0.39, 0.29) is 12.5 Å². The number of amides is 1. The van der Waals surface area contributed by atoms with Crippen LogP contribution in [0.4, 0.5) is 0 Å². The Balaban J connectivity index is 2.56. The second kappa shape index (κ2) is 11.0. The first kappa shape index (κ1) is 20.4. The third-order valence-electron chi connectivity index (χ3n) is 3.50. The van der Waals surface area contributed by atoms with Crippen LogP contribution in [0.1, 0.15) is 27.2 Å². The SMILES string of the molecule is CCC(C)NC(=NCC(=O)N(C)C)NCC(C)Sc1ccccc1. The zero-order valence-corrected chi connectivity index (χ0v) is 16.2. The number of likely N-dealkylation sites (N-methyl/N-ethyl adjacent to an activating group) is 1. The van der Waals surface area contributed by atoms with Gasteiger partial charge in [0.25, 0.3) is 0 Å². The van der Waals surface area contributed by atoms with E-state index in [1.54, 1.807) is 19.0 Å². The summed E-state index contributed by atoms with van der Waals surface area (Å²) < 4.78 is 0. The van der Waals surface area contributed by atoms with Crippen molar-refractivity contribution in [1.29, 1.82) is 0 Å². The molecule has 1 aromatic rings. The minimum Gasteiger partial charge on any atom is -0.355 e. The lowest BCUT2D eigenvalue weighted by atomic mass is 10.3. The summed E-state index contributed by atoms with van der Waals surface area (Å²) in [6, 6.07) is 10.7. The molecule has 0 radical (unpaired) electrons. The number of carbonyl (C=O) groups excluding carboxylic acids is 1. The Morgan fingerprint density at radius 1 is 1.25 bits per heavy atom. The van der Waals surface area contributed by atoms with Gasteiger partial charge in [-0.25, -0.2) is 4.99 Å². The van der Waals surface area contributed by atoms with Gasteiger partial charge in [0.05, 0.1) is 0 Å². The van der Waals surface area contributed by atoms with Crippen LogP contribution in [-0.2, 0) is 4.79 Å². The lowest BCUT2D eigenvalue weighted by molar-refractivity contribution is -0.127. The molecule has 1 rings (SSSR count). The molecule has 0 spiro atoms. The summed E-state index contributed by atoms with van der Waals surface area (Å²) in [7, 11) is 3.48. The number of nitrogens with zero attached hydrogens (tertiary/aromatic N) is 2. The van der Waals surface area contributed by atoms with Gasteiger partial charge < -0.3 is 15.5 Å². The minimum absolute atomic E-state index is 0.00744. The van der Waals surface area contributed by atoms with Gasteiger partial charge in [-0.2, -0.15) is 0 Å². The molecule has 0 saturated carbocycles. The van der Waals surface area contributed by atoms with Crippen molar-refractivity contribution in [3.8, 4) is 0 Å². The quantitative estimate of drug-likeness (QED) is 0.430. The summed E-state index contributed by atoms with van der Waals surface area (Å²) in [6.07, 6.45) is 0.997. The maximum Gasteiger partial charge on any atom is 0.243 e. The van der Waals surface area contributed by atoms with E-state index in [1.807, 2.05) is 30.0 Å². The first-order valence-corrected chi connectivity index (χ1v) is 9.27. The van der Waals surface area contributed by atoms with Crippen LogP contribution in [0.25, 0.3) is 0 Å². The van der Waals surface area contributed by atoms with E-state index in [9.17, 15) is 4.79 Å². The smallest absolute Gasteiger partial charge is 0.243 e. The average Bonchev–Trinajstić information content (AvgIpc) is 2.57. The molecule has 1 aromatic carbocycles. The molecule has 24 heavy (non-hydrogen) atoms. The van der Waals surface area contributed by atoms with Crippen molar-refractivity contribution < 1.29 is 4.79 Å². The summed E-state index contributed by atoms with van der Waals surface area (Å²) in [4.78, 5) is 19.0. The van der Waals surface area contributed by atoms with Gasteiger partial charge in [-0.15, -0.1) is 11.8 Å². The monoisotopic (exact) mass is 350 g/mol. The van der Waals surface area contributed by atoms with Gasteiger partial charge in [0, 0.05) is 36.8 Å². The van der Waals surface area contributed by atoms with Crippen LogP contribution in [0.3, 0.4) is 0 Å². The largest absolute Gasteiger partial charge is 0.355 e. The second-order valence-corrected chi connectivity index (χ2v) is 7.54. The highest BCUT2D eigenvalue weighted by atomic mass is 32.2. The second-order valence-electron chi connectivity index (χ2n) is 6.03. The lowest BCUT2D eigenvalue weighted by Crippen LogP contribution is -2.44. The minimum atomic E-state index is -0.00744. The van der Waals surface area contributed by atoms with Gasteiger partial charge in [0.15, 0.2) is 5.96 Å². The normalized spacial score (nSPS) is 14.0. The molecule has 0 heterocycles. The van der Waals surface area contributed by atoms with Gasteiger partial charge in [0.1, 0.15) is 6.54 Å². The zero-order chi connectivity index (χ0) is 17.9. The van der Waals surface area contributed by atoms with Crippen LogP contribution in [0.2, 0.25) is 0 Å². The van der Waals surface area contributed by atoms with Crippen LogP contribution >= 0.6 is 11.8 Å². The van der Waals surface area contributed by atoms with Crippen LogP contribution in [0.5, 0.6) is 0 Å².